The average molecular weight is 333 g/mol. The Morgan fingerprint density at radius 1 is 1.33 bits per heavy atom. The van der Waals surface area contributed by atoms with Crippen molar-refractivity contribution in [3.8, 4) is 5.88 Å². The monoisotopic (exact) mass is 333 g/mol. The van der Waals surface area contributed by atoms with Crippen molar-refractivity contribution in [1.82, 2.24) is 14.8 Å². The highest BCUT2D eigenvalue weighted by Gasteiger charge is 2.24. The van der Waals surface area contributed by atoms with Crippen LogP contribution in [0.15, 0.2) is 18.3 Å². The van der Waals surface area contributed by atoms with Crippen LogP contribution >= 0.6 is 0 Å². The number of aliphatic hydroxyl groups is 1. The number of ether oxygens (including phenoxy) is 1. The molecule has 1 N–H and O–H groups in total. The van der Waals surface area contributed by atoms with E-state index >= 15 is 0 Å². The van der Waals surface area contributed by atoms with Gasteiger partial charge < -0.3 is 14.7 Å². The molecule has 6 heteroatoms. The topological polar surface area (TPSA) is 65.9 Å². The Balaban J connectivity index is 1.47. The molecule has 2 fully saturated rings. The molecule has 132 valence electrons. The van der Waals surface area contributed by atoms with E-state index < -0.39 is 0 Å². The molecule has 1 atom stereocenters. The van der Waals surface area contributed by atoms with E-state index in [4.69, 9.17) is 4.74 Å². The van der Waals surface area contributed by atoms with Crippen LogP contribution in [0.2, 0.25) is 0 Å². The van der Waals surface area contributed by atoms with Crippen molar-refractivity contribution in [2.45, 2.75) is 32.3 Å². The van der Waals surface area contributed by atoms with Gasteiger partial charge >= 0.3 is 0 Å². The molecule has 2 aliphatic rings. The van der Waals surface area contributed by atoms with Crippen LogP contribution < -0.4 is 4.74 Å². The number of aromatic nitrogens is 1. The molecule has 1 aromatic rings. The van der Waals surface area contributed by atoms with Gasteiger partial charge in [-0.3, -0.25) is 9.69 Å². The Morgan fingerprint density at radius 2 is 2.08 bits per heavy atom. The highest BCUT2D eigenvalue weighted by Crippen LogP contribution is 2.29. The maximum absolute atomic E-state index is 12.5. The van der Waals surface area contributed by atoms with E-state index in [1.807, 2.05) is 11.8 Å². The first-order valence-corrected chi connectivity index (χ1v) is 8.94. The molecule has 24 heavy (non-hydrogen) atoms. The molecule has 2 heterocycles. The summed E-state index contributed by atoms with van der Waals surface area (Å²) < 4.78 is 5.61. The van der Waals surface area contributed by atoms with Crippen LogP contribution in [0.5, 0.6) is 5.88 Å². The lowest BCUT2D eigenvalue weighted by Gasteiger charge is -2.35. The number of hydrogen-bond acceptors (Lipinski definition) is 5. The average Bonchev–Trinajstić information content (AvgIpc) is 3.45. The number of β-amino-alcohol motifs (C(OH)–C–C–N with tert-alkyl or cyclic N) is 1. The van der Waals surface area contributed by atoms with Gasteiger partial charge in [-0.1, -0.05) is 6.92 Å². The number of rotatable bonds is 7. The van der Waals surface area contributed by atoms with Gasteiger partial charge in [0.25, 0.3) is 5.91 Å². The fraction of sp³-hybridized carbons (Fsp3) is 0.667. The highest BCUT2D eigenvalue weighted by atomic mass is 16.5. The molecular weight excluding hydrogens is 306 g/mol. The van der Waals surface area contributed by atoms with E-state index in [1.54, 1.807) is 18.3 Å². The van der Waals surface area contributed by atoms with Gasteiger partial charge in [-0.05, 0) is 31.2 Å². The van der Waals surface area contributed by atoms with Gasteiger partial charge in [0.05, 0.1) is 18.3 Å². The second-order valence-electron chi connectivity index (χ2n) is 6.79. The van der Waals surface area contributed by atoms with E-state index in [0.29, 0.717) is 37.0 Å². The number of nitrogens with zero attached hydrogens (tertiary/aromatic N) is 3. The molecule has 0 radical (unpaired) electrons. The van der Waals surface area contributed by atoms with Gasteiger partial charge in [-0.25, -0.2) is 4.98 Å². The number of carbonyl (C=O) groups is 1. The zero-order chi connectivity index (χ0) is 16.9. The number of carbonyl (C=O) groups excluding carboxylic acids is 1. The number of amides is 1. The van der Waals surface area contributed by atoms with Gasteiger partial charge in [0.1, 0.15) is 0 Å². The zero-order valence-electron chi connectivity index (χ0n) is 14.4. The lowest BCUT2D eigenvalue weighted by Crippen LogP contribution is -2.50. The van der Waals surface area contributed by atoms with Crippen molar-refractivity contribution < 1.29 is 14.6 Å². The van der Waals surface area contributed by atoms with Crippen molar-refractivity contribution >= 4 is 5.91 Å². The summed E-state index contributed by atoms with van der Waals surface area (Å²) in [7, 11) is 0. The van der Waals surface area contributed by atoms with Crippen LogP contribution in [0.1, 0.15) is 36.5 Å². The van der Waals surface area contributed by atoms with E-state index in [-0.39, 0.29) is 12.0 Å². The zero-order valence-corrected chi connectivity index (χ0v) is 14.4. The Bertz CT molecular complexity index is 537. The second kappa shape index (κ2) is 7.94. The normalized spacial score (nSPS) is 20.0. The summed E-state index contributed by atoms with van der Waals surface area (Å²) in [6.45, 7) is 6.39. The van der Waals surface area contributed by atoms with Crippen molar-refractivity contribution in [1.29, 1.82) is 0 Å². The predicted octanol–water partition coefficient (Wildman–Crippen LogP) is 1.40. The van der Waals surface area contributed by atoms with Crippen molar-refractivity contribution in [2.75, 3.05) is 39.3 Å². The van der Waals surface area contributed by atoms with Crippen LogP contribution in [0.4, 0.5) is 0 Å². The maximum atomic E-state index is 12.5. The predicted molar refractivity (Wildman–Crippen MR) is 91.1 cm³/mol. The highest BCUT2D eigenvalue weighted by molar-refractivity contribution is 5.94. The quantitative estimate of drug-likeness (QED) is 0.817. The standard InChI is InChI=1S/C18H27N3O3/c1-2-16(22)12-20-7-9-21(10-8-20)18(23)15-5-6-17(19-11-15)24-13-14-3-4-14/h5-6,11,14,16,22H,2-4,7-10,12-13H2,1H3. The van der Waals surface area contributed by atoms with Gasteiger partial charge in [-0.15, -0.1) is 0 Å². The number of aliphatic hydroxyl groups excluding tert-OH is 1. The second-order valence-corrected chi connectivity index (χ2v) is 6.79. The SMILES string of the molecule is CCC(O)CN1CCN(C(=O)c2ccc(OCC3CC3)nc2)CC1. The first kappa shape index (κ1) is 17.2. The molecule has 6 nitrogen and oxygen atoms in total. The first-order chi connectivity index (χ1) is 11.7. The summed E-state index contributed by atoms with van der Waals surface area (Å²) in [6, 6.07) is 3.58. The number of pyridine rings is 1. The smallest absolute Gasteiger partial charge is 0.255 e. The fourth-order valence-corrected chi connectivity index (χ4v) is 2.82. The van der Waals surface area contributed by atoms with Crippen molar-refractivity contribution in [3.63, 3.8) is 0 Å². The Hall–Kier alpha value is -1.66. The number of hydrogen-bond donors (Lipinski definition) is 1. The van der Waals surface area contributed by atoms with Crippen LogP contribution in [0, 0.1) is 5.92 Å². The molecular formula is C18H27N3O3. The Kier molecular flexibility index (Phi) is 5.68. The summed E-state index contributed by atoms with van der Waals surface area (Å²) in [4.78, 5) is 20.9. The molecule has 1 unspecified atom stereocenters. The lowest BCUT2D eigenvalue weighted by molar-refractivity contribution is 0.0523. The molecule has 1 saturated heterocycles. The maximum Gasteiger partial charge on any atom is 0.255 e. The molecule has 0 aromatic carbocycles. The summed E-state index contributed by atoms with van der Waals surface area (Å²) >= 11 is 0. The van der Waals surface area contributed by atoms with Gasteiger partial charge in [0.2, 0.25) is 5.88 Å². The molecule has 1 saturated carbocycles. The molecule has 1 aromatic heterocycles. The third-order valence-electron chi connectivity index (χ3n) is 4.75. The summed E-state index contributed by atoms with van der Waals surface area (Å²) in [6.07, 6.45) is 4.59. The minimum Gasteiger partial charge on any atom is -0.477 e. The summed E-state index contributed by atoms with van der Waals surface area (Å²) in [5.41, 5.74) is 0.607. The van der Waals surface area contributed by atoms with E-state index in [0.717, 1.165) is 26.1 Å². The first-order valence-electron chi connectivity index (χ1n) is 8.94. The van der Waals surface area contributed by atoms with Crippen LogP contribution in [-0.2, 0) is 0 Å². The molecule has 1 amide bonds. The molecule has 0 spiro atoms. The Morgan fingerprint density at radius 3 is 2.67 bits per heavy atom. The molecule has 0 bridgehead atoms. The van der Waals surface area contributed by atoms with Crippen LogP contribution in [0.3, 0.4) is 0 Å². The lowest BCUT2D eigenvalue weighted by atomic mass is 10.2. The third-order valence-corrected chi connectivity index (χ3v) is 4.75. The minimum absolute atomic E-state index is 0.0203. The van der Waals surface area contributed by atoms with Crippen LogP contribution in [0.25, 0.3) is 0 Å². The summed E-state index contributed by atoms with van der Waals surface area (Å²) in [5, 5.41) is 9.73. The third kappa shape index (κ3) is 4.68. The Labute approximate surface area is 143 Å². The molecule has 1 aliphatic carbocycles. The van der Waals surface area contributed by atoms with Gasteiger partial charge in [0, 0.05) is 45.0 Å². The molecule has 1 aliphatic heterocycles. The van der Waals surface area contributed by atoms with Gasteiger partial charge in [-0.2, -0.15) is 0 Å². The van der Waals surface area contributed by atoms with E-state index in [1.165, 1.54) is 12.8 Å². The van der Waals surface area contributed by atoms with E-state index in [2.05, 4.69) is 9.88 Å². The largest absolute Gasteiger partial charge is 0.477 e. The van der Waals surface area contributed by atoms with Crippen LogP contribution in [-0.4, -0.2) is 71.2 Å². The minimum atomic E-state index is -0.278. The number of piperazine rings is 1. The summed E-state index contributed by atoms with van der Waals surface area (Å²) in [5.74, 6) is 1.30. The van der Waals surface area contributed by atoms with Gasteiger partial charge in [0.15, 0.2) is 0 Å². The van der Waals surface area contributed by atoms with Crippen molar-refractivity contribution in [3.05, 3.63) is 23.9 Å². The fourth-order valence-electron chi connectivity index (χ4n) is 2.82. The molecule has 3 rings (SSSR count). The van der Waals surface area contributed by atoms with E-state index in [9.17, 15) is 9.90 Å². The van der Waals surface area contributed by atoms with Crippen molar-refractivity contribution in [2.24, 2.45) is 5.92 Å².